The zero-order valence-corrected chi connectivity index (χ0v) is 6.21. The summed E-state index contributed by atoms with van der Waals surface area (Å²) in [6, 6.07) is 0.471. The van der Waals surface area contributed by atoms with Crippen molar-refractivity contribution in [3.8, 4) is 0 Å². The fourth-order valence-electron chi connectivity index (χ4n) is 2.14. The molecule has 3 N–H and O–H groups in total. The fraction of sp³-hybridized carbons (Fsp3) is 1.00. The summed E-state index contributed by atoms with van der Waals surface area (Å²) in [7, 11) is 0. The zero-order valence-electron chi connectivity index (χ0n) is 6.21. The molecule has 0 radical (unpaired) electrons. The number of hydrazine groups is 1. The van der Waals surface area contributed by atoms with Gasteiger partial charge in [0.25, 0.3) is 0 Å². The van der Waals surface area contributed by atoms with Crippen molar-refractivity contribution in [3.05, 3.63) is 0 Å². The topological polar surface area (TPSA) is 47.3 Å². The average Bonchev–Trinajstić information content (AvgIpc) is 2.43. The van der Waals surface area contributed by atoms with Gasteiger partial charge in [0.05, 0.1) is 13.2 Å². The quantitative estimate of drug-likeness (QED) is 0.412. The number of nitrogens with one attached hydrogen (secondary N) is 1. The molecule has 1 saturated heterocycles. The number of fused-ring (bicyclic) bond motifs is 1. The number of ether oxygens (including phenoxy) is 1. The second-order valence-electron chi connectivity index (χ2n) is 3.40. The van der Waals surface area contributed by atoms with Crippen LogP contribution in [0.3, 0.4) is 0 Å². The van der Waals surface area contributed by atoms with Gasteiger partial charge in [-0.2, -0.15) is 0 Å². The minimum Gasteiger partial charge on any atom is -0.381 e. The lowest BCUT2D eigenvalue weighted by atomic mass is 10.1. The van der Waals surface area contributed by atoms with Crippen LogP contribution in [0.25, 0.3) is 0 Å². The number of hydrogen-bond donors (Lipinski definition) is 2. The van der Waals surface area contributed by atoms with E-state index in [1.165, 1.54) is 0 Å². The normalized spacial score (nSPS) is 46.8. The van der Waals surface area contributed by atoms with Crippen LogP contribution < -0.4 is 11.3 Å². The lowest BCUT2D eigenvalue weighted by molar-refractivity contribution is 0.144. The van der Waals surface area contributed by atoms with Crippen LogP contribution in [-0.2, 0) is 4.74 Å². The highest BCUT2D eigenvalue weighted by molar-refractivity contribution is 5.04. The molecule has 2 aliphatic rings. The Hall–Kier alpha value is -0.120. The van der Waals surface area contributed by atoms with E-state index in [0.29, 0.717) is 6.04 Å². The maximum Gasteiger partial charge on any atom is 0.0501 e. The summed E-state index contributed by atoms with van der Waals surface area (Å²) in [6.45, 7) is 4.06. The first kappa shape index (κ1) is 6.58. The van der Waals surface area contributed by atoms with Crippen molar-refractivity contribution in [1.29, 1.82) is 0 Å². The van der Waals surface area contributed by atoms with Gasteiger partial charge in [0, 0.05) is 6.04 Å². The van der Waals surface area contributed by atoms with Crippen molar-refractivity contribution < 1.29 is 4.74 Å². The van der Waals surface area contributed by atoms with E-state index in [4.69, 9.17) is 10.6 Å². The molecule has 0 bridgehead atoms. The summed E-state index contributed by atoms with van der Waals surface area (Å²) in [6.07, 6.45) is 0. The third-order valence-corrected chi connectivity index (χ3v) is 2.86. The Kier molecular flexibility index (Phi) is 1.44. The standard InChI is InChI=1S/C7H14N2O/c1-4(9-8)7-5-2-10-3-6(5)7/h4-7,9H,2-3,8H2,1H3. The van der Waals surface area contributed by atoms with Crippen molar-refractivity contribution in [2.75, 3.05) is 13.2 Å². The Morgan fingerprint density at radius 2 is 2.10 bits per heavy atom. The lowest BCUT2D eigenvalue weighted by Crippen LogP contribution is -2.35. The first-order chi connectivity index (χ1) is 4.84. The molecule has 3 nitrogen and oxygen atoms in total. The molecule has 0 aromatic carbocycles. The predicted octanol–water partition coefficient (Wildman–Crippen LogP) is -0.269. The van der Waals surface area contributed by atoms with E-state index in [0.717, 1.165) is 31.0 Å². The molecule has 58 valence electrons. The first-order valence-electron chi connectivity index (χ1n) is 3.88. The number of nitrogens with two attached hydrogens (primary N) is 1. The molecule has 3 unspecified atom stereocenters. The summed E-state index contributed by atoms with van der Waals surface area (Å²) in [5.74, 6) is 7.74. The molecule has 2 fully saturated rings. The van der Waals surface area contributed by atoms with Crippen LogP contribution in [0.15, 0.2) is 0 Å². The van der Waals surface area contributed by atoms with Crippen molar-refractivity contribution in [2.45, 2.75) is 13.0 Å². The molecule has 0 amide bonds. The Bertz CT molecular complexity index is 127. The Morgan fingerprint density at radius 1 is 1.50 bits per heavy atom. The van der Waals surface area contributed by atoms with Gasteiger partial charge in [-0.05, 0) is 24.7 Å². The van der Waals surface area contributed by atoms with Crippen LogP contribution in [-0.4, -0.2) is 19.3 Å². The second kappa shape index (κ2) is 2.19. The highest BCUT2D eigenvalue weighted by Gasteiger charge is 2.55. The summed E-state index contributed by atoms with van der Waals surface area (Å²) in [5, 5.41) is 0. The van der Waals surface area contributed by atoms with Crippen LogP contribution >= 0.6 is 0 Å². The lowest BCUT2D eigenvalue weighted by Gasteiger charge is -2.11. The Balaban J connectivity index is 1.88. The van der Waals surface area contributed by atoms with E-state index in [1.807, 2.05) is 0 Å². The van der Waals surface area contributed by atoms with E-state index in [-0.39, 0.29) is 0 Å². The van der Waals surface area contributed by atoms with E-state index < -0.39 is 0 Å². The molecule has 0 aromatic rings. The molecule has 2 rings (SSSR count). The van der Waals surface area contributed by atoms with Gasteiger partial charge >= 0.3 is 0 Å². The van der Waals surface area contributed by atoms with E-state index in [1.54, 1.807) is 0 Å². The number of hydrogen-bond acceptors (Lipinski definition) is 3. The van der Waals surface area contributed by atoms with Gasteiger partial charge in [-0.15, -0.1) is 0 Å². The molecule has 1 aliphatic heterocycles. The highest BCUT2D eigenvalue weighted by atomic mass is 16.5. The summed E-state index contributed by atoms with van der Waals surface area (Å²) in [5.41, 5.74) is 2.80. The third kappa shape index (κ3) is 0.779. The maximum absolute atomic E-state index is 5.33. The van der Waals surface area contributed by atoms with Crippen LogP contribution in [0, 0.1) is 17.8 Å². The van der Waals surface area contributed by atoms with Gasteiger partial charge in [-0.1, -0.05) is 0 Å². The smallest absolute Gasteiger partial charge is 0.0501 e. The predicted molar refractivity (Wildman–Crippen MR) is 38.1 cm³/mol. The SMILES string of the molecule is CC(NN)C1C2COCC21. The zero-order chi connectivity index (χ0) is 7.14. The Morgan fingerprint density at radius 3 is 2.60 bits per heavy atom. The van der Waals surface area contributed by atoms with Crippen molar-refractivity contribution in [1.82, 2.24) is 5.43 Å². The van der Waals surface area contributed by atoms with E-state index >= 15 is 0 Å². The van der Waals surface area contributed by atoms with Crippen LogP contribution in [0.1, 0.15) is 6.92 Å². The minimum atomic E-state index is 0.471. The largest absolute Gasteiger partial charge is 0.381 e. The van der Waals surface area contributed by atoms with Gasteiger partial charge in [-0.3, -0.25) is 11.3 Å². The van der Waals surface area contributed by atoms with Crippen molar-refractivity contribution in [3.63, 3.8) is 0 Å². The second-order valence-corrected chi connectivity index (χ2v) is 3.40. The van der Waals surface area contributed by atoms with Crippen LogP contribution in [0.4, 0.5) is 0 Å². The third-order valence-electron chi connectivity index (χ3n) is 2.86. The summed E-state index contributed by atoms with van der Waals surface area (Å²) < 4.78 is 5.26. The van der Waals surface area contributed by atoms with Gasteiger partial charge in [0.2, 0.25) is 0 Å². The molecule has 1 aliphatic carbocycles. The molecular formula is C7H14N2O. The average molecular weight is 142 g/mol. The number of rotatable bonds is 2. The Labute approximate surface area is 60.9 Å². The molecular weight excluding hydrogens is 128 g/mol. The van der Waals surface area contributed by atoms with Crippen molar-refractivity contribution >= 4 is 0 Å². The fourth-order valence-corrected chi connectivity index (χ4v) is 2.14. The highest BCUT2D eigenvalue weighted by Crippen LogP contribution is 2.52. The molecule has 3 heteroatoms. The van der Waals surface area contributed by atoms with Gasteiger partial charge < -0.3 is 4.74 Å². The molecule has 0 spiro atoms. The van der Waals surface area contributed by atoms with E-state index in [2.05, 4.69) is 12.3 Å². The molecule has 1 heterocycles. The summed E-state index contributed by atoms with van der Waals surface area (Å²) in [4.78, 5) is 0. The van der Waals surface area contributed by atoms with Crippen LogP contribution in [0.2, 0.25) is 0 Å². The minimum absolute atomic E-state index is 0.471. The molecule has 1 saturated carbocycles. The maximum atomic E-state index is 5.33. The van der Waals surface area contributed by atoms with Gasteiger partial charge in [0.15, 0.2) is 0 Å². The molecule has 10 heavy (non-hydrogen) atoms. The van der Waals surface area contributed by atoms with E-state index in [9.17, 15) is 0 Å². The summed E-state index contributed by atoms with van der Waals surface area (Å²) >= 11 is 0. The first-order valence-corrected chi connectivity index (χ1v) is 3.88. The van der Waals surface area contributed by atoms with Gasteiger partial charge in [0.1, 0.15) is 0 Å². The van der Waals surface area contributed by atoms with Gasteiger partial charge in [-0.25, -0.2) is 0 Å². The molecule has 3 atom stereocenters. The van der Waals surface area contributed by atoms with Crippen LogP contribution in [0.5, 0.6) is 0 Å². The van der Waals surface area contributed by atoms with Crippen molar-refractivity contribution in [2.24, 2.45) is 23.6 Å². The molecule has 0 aromatic heterocycles. The monoisotopic (exact) mass is 142 g/mol.